The van der Waals surface area contributed by atoms with Gasteiger partial charge in [0, 0.05) is 26.2 Å². The van der Waals surface area contributed by atoms with Crippen molar-refractivity contribution in [2.45, 2.75) is 19.3 Å². The van der Waals surface area contributed by atoms with Gasteiger partial charge in [0.2, 0.25) is 0 Å². The first-order valence-electron chi connectivity index (χ1n) is 11.5. The highest BCUT2D eigenvalue weighted by atomic mass is 16.5. The van der Waals surface area contributed by atoms with E-state index in [4.69, 9.17) is 4.74 Å². The summed E-state index contributed by atoms with van der Waals surface area (Å²) in [5.74, 6) is 1.55. The Labute approximate surface area is 202 Å². The van der Waals surface area contributed by atoms with E-state index >= 15 is 0 Å². The van der Waals surface area contributed by atoms with Crippen LogP contribution in [0.25, 0.3) is 11.0 Å². The molecule has 1 aromatic carbocycles. The molecule has 1 saturated heterocycles. The van der Waals surface area contributed by atoms with Gasteiger partial charge in [0.15, 0.2) is 11.4 Å². The molecule has 3 aromatic heterocycles. The number of aryl methyl sites for hydroxylation is 1. The number of aromatic amines is 1. The average Bonchev–Trinajstić information content (AvgIpc) is 3.18. The zero-order valence-corrected chi connectivity index (χ0v) is 19.6. The van der Waals surface area contributed by atoms with E-state index < -0.39 is 0 Å². The van der Waals surface area contributed by atoms with Crippen molar-refractivity contribution in [2.75, 3.05) is 35.7 Å². The molecule has 1 fully saturated rings. The number of fused-ring (bicyclic) bond motifs is 1. The summed E-state index contributed by atoms with van der Waals surface area (Å²) in [6.07, 6.45) is 5.56. The molecule has 0 unspecified atom stereocenters. The van der Waals surface area contributed by atoms with Crippen LogP contribution in [0.3, 0.4) is 0 Å². The van der Waals surface area contributed by atoms with Gasteiger partial charge in [-0.25, -0.2) is 9.97 Å². The smallest absolute Gasteiger partial charge is 0.277 e. The van der Waals surface area contributed by atoms with E-state index in [1.54, 1.807) is 31.3 Å². The number of ether oxygens (including phenoxy) is 1. The van der Waals surface area contributed by atoms with E-state index in [1.807, 2.05) is 12.3 Å². The highest BCUT2D eigenvalue weighted by molar-refractivity contribution is 5.93. The van der Waals surface area contributed by atoms with E-state index in [0.29, 0.717) is 45.4 Å². The van der Waals surface area contributed by atoms with E-state index in [0.717, 1.165) is 18.8 Å². The van der Waals surface area contributed by atoms with Crippen LogP contribution < -0.4 is 25.8 Å². The zero-order valence-electron chi connectivity index (χ0n) is 19.6. The molecule has 5 rings (SSSR count). The molecule has 178 valence electrons. The Morgan fingerprint density at radius 3 is 2.63 bits per heavy atom. The molecule has 10 heteroatoms. The number of benzene rings is 1. The number of hydrogen-bond acceptors (Lipinski definition) is 8. The minimum atomic E-state index is -0.221. The van der Waals surface area contributed by atoms with Gasteiger partial charge in [-0.3, -0.25) is 14.6 Å². The fourth-order valence-corrected chi connectivity index (χ4v) is 4.40. The number of H-pyrrole nitrogens is 1. The number of nitrogens with one attached hydrogen (secondary N) is 3. The van der Waals surface area contributed by atoms with Crippen molar-refractivity contribution >= 4 is 39.7 Å². The number of nitriles is 1. The highest BCUT2D eigenvalue weighted by Gasteiger charge is 2.17. The van der Waals surface area contributed by atoms with Gasteiger partial charge >= 0.3 is 0 Å². The van der Waals surface area contributed by atoms with Gasteiger partial charge in [0.25, 0.3) is 5.56 Å². The molecule has 0 saturated carbocycles. The summed E-state index contributed by atoms with van der Waals surface area (Å²) in [5.41, 5.74) is 2.79. The molecule has 0 bridgehead atoms. The molecule has 3 N–H and O–H groups in total. The Hall–Kier alpha value is -4.52. The summed E-state index contributed by atoms with van der Waals surface area (Å²) in [5, 5.41) is 19.3. The van der Waals surface area contributed by atoms with Crippen molar-refractivity contribution in [1.29, 1.82) is 5.26 Å². The number of anilines is 5. The second-order valence-corrected chi connectivity index (χ2v) is 8.45. The van der Waals surface area contributed by atoms with Crippen LogP contribution in [0.1, 0.15) is 24.8 Å². The standard InChI is InChI=1S/C25H26N8O2/c1-32-25(34)22-19(28-18-8-6-7-16(14-26)23(18)35-2)13-21(30-24(22)31-32)29-20-10-9-17(15-27-20)33-11-4-3-5-12-33/h6-10,13,15H,3-5,11-12H2,1-2H3,(H3,27,28,29,30,31). The van der Waals surface area contributed by atoms with Crippen molar-refractivity contribution in [3.05, 3.63) is 58.5 Å². The summed E-state index contributed by atoms with van der Waals surface area (Å²) in [7, 11) is 3.14. The minimum absolute atomic E-state index is 0.221. The number of para-hydroxylation sites is 1. The van der Waals surface area contributed by atoms with E-state index in [2.05, 4.69) is 42.7 Å². The molecule has 1 aliphatic heterocycles. The molecule has 0 aliphatic carbocycles. The average molecular weight is 471 g/mol. The van der Waals surface area contributed by atoms with Crippen LogP contribution in [0.2, 0.25) is 0 Å². The first kappa shape index (κ1) is 22.3. The normalized spacial score (nSPS) is 13.5. The molecule has 0 radical (unpaired) electrons. The third-order valence-electron chi connectivity index (χ3n) is 6.15. The summed E-state index contributed by atoms with van der Waals surface area (Å²) < 4.78 is 6.83. The summed E-state index contributed by atoms with van der Waals surface area (Å²) in [4.78, 5) is 24.3. The van der Waals surface area contributed by atoms with Crippen molar-refractivity contribution in [3.8, 4) is 11.8 Å². The van der Waals surface area contributed by atoms with Crippen LogP contribution in [-0.2, 0) is 7.05 Å². The Morgan fingerprint density at radius 1 is 1.09 bits per heavy atom. The number of methoxy groups -OCH3 is 1. The van der Waals surface area contributed by atoms with Crippen molar-refractivity contribution in [2.24, 2.45) is 7.05 Å². The van der Waals surface area contributed by atoms with Gasteiger partial charge < -0.3 is 20.3 Å². The second kappa shape index (κ2) is 9.38. The molecule has 0 amide bonds. The number of aromatic nitrogens is 4. The van der Waals surface area contributed by atoms with E-state index in [-0.39, 0.29) is 5.56 Å². The molecular formula is C25H26N8O2. The molecule has 10 nitrogen and oxygen atoms in total. The number of piperidine rings is 1. The molecular weight excluding hydrogens is 444 g/mol. The Kier molecular flexibility index (Phi) is 5.97. The third-order valence-corrected chi connectivity index (χ3v) is 6.15. The summed E-state index contributed by atoms with van der Waals surface area (Å²) in [6, 6.07) is 13.1. The Bertz CT molecular complexity index is 1460. The van der Waals surface area contributed by atoms with Crippen LogP contribution in [-0.4, -0.2) is 39.9 Å². The fraction of sp³-hybridized carbons (Fsp3) is 0.280. The van der Waals surface area contributed by atoms with Crippen molar-refractivity contribution in [3.63, 3.8) is 0 Å². The number of pyridine rings is 2. The molecule has 1 aliphatic rings. The van der Waals surface area contributed by atoms with E-state index in [9.17, 15) is 10.1 Å². The van der Waals surface area contributed by atoms with Gasteiger partial charge in [0.1, 0.15) is 23.1 Å². The van der Waals surface area contributed by atoms with Crippen molar-refractivity contribution < 1.29 is 4.74 Å². The number of rotatable bonds is 6. The van der Waals surface area contributed by atoms with Crippen LogP contribution in [0.15, 0.2) is 47.4 Å². The summed E-state index contributed by atoms with van der Waals surface area (Å²) >= 11 is 0. The fourth-order valence-electron chi connectivity index (χ4n) is 4.40. The molecule has 4 heterocycles. The van der Waals surface area contributed by atoms with Crippen LogP contribution in [0.4, 0.5) is 28.7 Å². The first-order chi connectivity index (χ1) is 17.1. The topological polar surface area (TPSA) is 124 Å². The third kappa shape index (κ3) is 4.36. The molecule has 35 heavy (non-hydrogen) atoms. The van der Waals surface area contributed by atoms with Gasteiger partial charge in [0.05, 0.1) is 35.9 Å². The number of hydrogen-bond donors (Lipinski definition) is 3. The maximum atomic E-state index is 12.8. The van der Waals surface area contributed by atoms with Gasteiger partial charge in [-0.05, 0) is 43.5 Å². The lowest BCUT2D eigenvalue weighted by atomic mass is 10.1. The van der Waals surface area contributed by atoms with Crippen LogP contribution in [0, 0.1) is 11.3 Å². The predicted octanol–water partition coefficient (Wildman–Crippen LogP) is 4.01. The Balaban J connectivity index is 1.49. The minimum Gasteiger partial charge on any atom is -0.493 e. The quantitative estimate of drug-likeness (QED) is 0.386. The maximum absolute atomic E-state index is 12.8. The SMILES string of the molecule is COc1c(C#N)cccc1Nc1cc(Nc2ccc(N3CCCCC3)cn2)nc2[nH]n(C)c(=O)c12. The maximum Gasteiger partial charge on any atom is 0.277 e. The molecule has 4 aromatic rings. The van der Waals surface area contributed by atoms with Gasteiger partial charge in [-0.15, -0.1) is 0 Å². The lowest BCUT2D eigenvalue weighted by Crippen LogP contribution is -2.29. The van der Waals surface area contributed by atoms with Gasteiger partial charge in [-0.1, -0.05) is 6.07 Å². The monoisotopic (exact) mass is 470 g/mol. The Morgan fingerprint density at radius 2 is 1.91 bits per heavy atom. The first-order valence-corrected chi connectivity index (χ1v) is 11.5. The highest BCUT2D eigenvalue weighted by Crippen LogP contribution is 2.33. The van der Waals surface area contributed by atoms with Crippen LogP contribution in [0.5, 0.6) is 5.75 Å². The summed E-state index contributed by atoms with van der Waals surface area (Å²) in [6.45, 7) is 2.11. The second-order valence-electron chi connectivity index (χ2n) is 8.45. The van der Waals surface area contributed by atoms with Crippen LogP contribution >= 0.6 is 0 Å². The van der Waals surface area contributed by atoms with Gasteiger partial charge in [-0.2, -0.15) is 5.26 Å². The van der Waals surface area contributed by atoms with E-state index in [1.165, 1.54) is 31.1 Å². The lowest BCUT2D eigenvalue weighted by molar-refractivity contribution is 0.415. The lowest BCUT2D eigenvalue weighted by Gasteiger charge is -2.28. The van der Waals surface area contributed by atoms with Crippen molar-refractivity contribution in [1.82, 2.24) is 19.7 Å². The molecule has 0 atom stereocenters. The largest absolute Gasteiger partial charge is 0.493 e. The number of nitrogens with zero attached hydrogens (tertiary/aromatic N) is 5. The predicted molar refractivity (Wildman–Crippen MR) is 136 cm³/mol. The molecule has 0 spiro atoms. The zero-order chi connectivity index (χ0) is 24.4.